The van der Waals surface area contributed by atoms with Crippen LogP contribution in [0.5, 0.6) is 0 Å². The number of carbonyl (C=O) groups excluding carboxylic acids is 2. The van der Waals surface area contributed by atoms with E-state index in [0.29, 0.717) is 31.1 Å². The number of hydrogen-bond donors (Lipinski definition) is 0. The van der Waals surface area contributed by atoms with Crippen LogP contribution in [0, 0.1) is 11.3 Å². The van der Waals surface area contributed by atoms with E-state index in [1.54, 1.807) is 19.0 Å². The first-order chi connectivity index (χ1) is 13.9. The van der Waals surface area contributed by atoms with Gasteiger partial charge in [-0.2, -0.15) is 0 Å². The Morgan fingerprint density at radius 1 is 1.07 bits per heavy atom. The number of nitrogens with zero attached hydrogens (tertiary/aromatic N) is 3. The molecule has 0 bridgehead atoms. The summed E-state index contributed by atoms with van der Waals surface area (Å²) in [6.45, 7) is 7.24. The minimum atomic E-state index is 0.0551. The number of likely N-dealkylation sites (tertiary alicyclic amines) is 1. The average Bonchev–Trinajstić information content (AvgIpc) is 2.75. The van der Waals surface area contributed by atoms with Crippen LogP contribution in [-0.4, -0.2) is 79.1 Å². The van der Waals surface area contributed by atoms with Crippen LogP contribution in [0.2, 0.25) is 0 Å². The SMILES string of the molecule is CCCN(C(=O)C1CCN(C(=O)N(C)C)CC1)[C@H]1C[C@@H](OCC)C12CCCCC2. The monoisotopic (exact) mass is 407 g/mol. The maximum absolute atomic E-state index is 13.6. The van der Waals surface area contributed by atoms with Crippen LogP contribution in [0.15, 0.2) is 0 Å². The first kappa shape index (κ1) is 22.4. The summed E-state index contributed by atoms with van der Waals surface area (Å²) < 4.78 is 6.13. The van der Waals surface area contributed by atoms with Gasteiger partial charge in [-0.05, 0) is 45.4 Å². The van der Waals surface area contributed by atoms with Gasteiger partial charge in [0.1, 0.15) is 0 Å². The van der Waals surface area contributed by atoms with Crippen LogP contribution in [-0.2, 0) is 9.53 Å². The van der Waals surface area contributed by atoms with E-state index in [4.69, 9.17) is 4.74 Å². The molecule has 6 heteroatoms. The van der Waals surface area contributed by atoms with Gasteiger partial charge in [-0.25, -0.2) is 4.79 Å². The Morgan fingerprint density at radius 2 is 1.72 bits per heavy atom. The largest absolute Gasteiger partial charge is 0.378 e. The number of hydrogen-bond acceptors (Lipinski definition) is 3. The molecule has 1 heterocycles. The molecule has 29 heavy (non-hydrogen) atoms. The first-order valence-electron chi connectivity index (χ1n) is 11.8. The molecule has 166 valence electrons. The van der Waals surface area contributed by atoms with Gasteiger partial charge in [-0.3, -0.25) is 4.79 Å². The fourth-order valence-corrected chi connectivity index (χ4v) is 5.96. The van der Waals surface area contributed by atoms with Crippen LogP contribution in [0.1, 0.15) is 71.6 Å². The van der Waals surface area contributed by atoms with Crippen molar-refractivity contribution in [3.63, 3.8) is 0 Å². The van der Waals surface area contributed by atoms with Crippen LogP contribution in [0.3, 0.4) is 0 Å². The Labute approximate surface area is 176 Å². The summed E-state index contributed by atoms with van der Waals surface area (Å²) in [5.74, 6) is 0.383. The van der Waals surface area contributed by atoms with Gasteiger partial charge in [-0.1, -0.05) is 26.2 Å². The zero-order chi connectivity index (χ0) is 21.0. The molecule has 0 radical (unpaired) electrons. The number of carbonyl (C=O) groups is 2. The first-order valence-corrected chi connectivity index (χ1v) is 11.8. The molecule has 3 aliphatic rings. The number of rotatable bonds is 6. The molecule has 1 aliphatic heterocycles. The van der Waals surface area contributed by atoms with E-state index in [-0.39, 0.29) is 17.4 Å². The predicted molar refractivity (Wildman–Crippen MR) is 115 cm³/mol. The minimum absolute atomic E-state index is 0.0551. The zero-order valence-corrected chi connectivity index (χ0v) is 19.0. The number of amides is 3. The van der Waals surface area contributed by atoms with Crippen molar-refractivity contribution < 1.29 is 14.3 Å². The van der Waals surface area contributed by atoms with E-state index in [0.717, 1.165) is 38.8 Å². The van der Waals surface area contributed by atoms with Gasteiger partial charge in [0.25, 0.3) is 0 Å². The Bertz CT molecular complexity index is 566. The second kappa shape index (κ2) is 9.67. The lowest BCUT2D eigenvalue weighted by atomic mass is 9.54. The quantitative estimate of drug-likeness (QED) is 0.674. The summed E-state index contributed by atoms with van der Waals surface area (Å²) in [5, 5.41) is 0. The van der Waals surface area contributed by atoms with Crippen LogP contribution in [0.4, 0.5) is 4.79 Å². The molecule has 0 aromatic carbocycles. The molecule has 0 aromatic heterocycles. The molecule has 2 saturated carbocycles. The van der Waals surface area contributed by atoms with Gasteiger partial charge >= 0.3 is 6.03 Å². The molecular formula is C23H41N3O3. The number of piperidine rings is 1. The van der Waals surface area contributed by atoms with Gasteiger partial charge in [0.05, 0.1) is 6.10 Å². The third kappa shape index (κ3) is 4.42. The van der Waals surface area contributed by atoms with E-state index in [2.05, 4.69) is 18.7 Å². The van der Waals surface area contributed by atoms with Crippen LogP contribution < -0.4 is 0 Å². The molecule has 3 fully saturated rings. The van der Waals surface area contributed by atoms with Gasteiger partial charge in [0, 0.05) is 57.7 Å². The lowest BCUT2D eigenvalue weighted by molar-refractivity contribution is -0.191. The lowest BCUT2D eigenvalue weighted by Gasteiger charge is -2.61. The highest BCUT2D eigenvalue weighted by Gasteiger charge is 2.58. The van der Waals surface area contributed by atoms with Gasteiger partial charge < -0.3 is 19.4 Å². The minimum Gasteiger partial charge on any atom is -0.378 e. The van der Waals surface area contributed by atoms with Gasteiger partial charge in [0.2, 0.25) is 5.91 Å². The van der Waals surface area contributed by atoms with Crippen molar-refractivity contribution in [2.45, 2.75) is 83.8 Å². The summed E-state index contributed by atoms with van der Waals surface area (Å²) in [7, 11) is 3.58. The van der Waals surface area contributed by atoms with Crippen LogP contribution in [0.25, 0.3) is 0 Å². The summed E-state index contributed by atoms with van der Waals surface area (Å²) in [5.41, 5.74) is 0.181. The number of ether oxygens (including phenoxy) is 1. The maximum Gasteiger partial charge on any atom is 0.319 e. The molecule has 3 amide bonds. The van der Waals surface area contributed by atoms with Crippen molar-refractivity contribution in [3.8, 4) is 0 Å². The van der Waals surface area contributed by atoms with Crippen molar-refractivity contribution in [2.24, 2.45) is 11.3 Å². The van der Waals surface area contributed by atoms with Crippen molar-refractivity contribution in [3.05, 3.63) is 0 Å². The molecule has 1 spiro atoms. The Hall–Kier alpha value is -1.30. The lowest BCUT2D eigenvalue weighted by Crippen LogP contribution is -2.67. The highest BCUT2D eigenvalue weighted by molar-refractivity contribution is 5.80. The smallest absolute Gasteiger partial charge is 0.319 e. The second-order valence-corrected chi connectivity index (χ2v) is 9.46. The van der Waals surface area contributed by atoms with E-state index >= 15 is 0 Å². The van der Waals surface area contributed by atoms with Gasteiger partial charge in [-0.15, -0.1) is 0 Å². The summed E-state index contributed by atoms with van der Waals surface area (Å²) in [4.78, 5) is 31.5. The summed E-state index contributed by atoms with van der Waals surface area (Å²) >= 11 is 0. The van der Waals surface area contributed by atoms with E-state index in [1.165, 1.54) is 32.1 Å². The maximum atomic E-state index is 13.6. The fraction of sp³-hybridized carbons (Fsp3) is 0.913. The average molecular weight is 408 g/mol. The third-order valence-corrected chi connectivity index (χ3v) is 7.52. The molecule has 1 saturated heterocycles. The highest BCUT2D eigenvalue weighted by Crippen LogP contribution is 2.55. The van der Waals surface area contributed by atoms with Crippen molar-refractivity contribution in [2.75, 3.05) is 40.3 Å². The molecule has 0 N–H and O–H groups in total. The highest BCUT2D eigenvalue weighted by atomic mass is 16.5. The molecule has 2 aliphatic carbocycles. The Kier molecular flexibility index (Phi) is 7.47. The van der Waals surface area contributed by atoms with E-state index in [9.17, 15) is 9.59 Å². The fourth-order valence-electron chi connectivity index (χ4n) is 5.96. The van der Waals surface area contributed by atoms with Crippen LogP contribution >= 0.6 is 0 Å². The Morgan fingerprint density at radius 3 is 2.28 bits per heavy atom. The van der Waals surface area contributed by atoms with E-state index in [1.807, 2.05) is 4.90 Å². The van der Waals surface area contributed by atoms with Crippen molar-refractivity contribution >= 4 is 11.9 Å². The van der Waals surface area contributed by atoms with Crippen molar-refractivity contribution in [1.82, 2.24) is 14.7 Å². The van der Waals surface area contributed by atoms with Gasteiger partial charge in [0.15, 0.2) is 0 Å². The molecule has 2 atom stereocenters. The topological polar surface area (TPSA) is 53.1 Å². The summed E-state index contributed by atoms with van der Waals surface area (Å²) in [6, 6.07) is 0.397. The molecule has 0 unspecified atom stereocenters. The molecular weight excluding hydrogens is 366 g/mol. The Balaban J connectivity index is 1.68. The zero-order valence-electron chi connectivity index (χ0n) is 19.0. The third-order valence-electron chi connectivity index (χ3n) is 7.52. The van der Waals surface area contributed by atoms with E-state index < -0.39 is 0 Å². The molecule has 0 aromatic rings. The second-order valence-electron chi connectivity index (χ2n) is 9.46. The normalized spacial score (nSPS) is 26.8. The van der Waals surface area contributed by atoms with Crippen molar-refractivity contribution in [1.29, 1.82) is 0 Å². The predicted octanol–water partition coefficient (Wildman–Crippen LogP) is 3.75. The summed E-state index contributed by atoms with van der Waals surface area (Å²) in [6.07, 6.45) is 10.1. The molecule has 6 nitrogen and oxygen atoms in total. The number of urea groups is 1. The standard InChI is InChI=1S/C23H41N3O3/c1-5-14-26(19-17-20(29-6-2)23(19)12-8-7-9-13-23)21(27)18-10-15-25(16-11-18)22(28)24(3)4/h18-20H,5-17H2,1-4H3/t19-,20+/m0/s1. The molecule has 3 rings (SSSR count).